The summed E-state index contributed by atoms with van der Waals surface area (Å²) < 4.78 is 0. The quantitative estimate of drug-likeness (QED) is 0.737. The molecule has 0 aliphatic carbocycles. The molecule has 0 aromatic carbocycles. The molecule has 0 spiro atoms. The van der Waals surface area contributed by atoms with Crippen LogP contribution in [0.5, 0.6) is 0 Å². The number of hydrogen-bond donors (Lipinski definition) is 1. The number of rotatable bonds is 1. The fourth-order valence-corrected chi connectivity index (χ4v) is 3.32. The minimum absolute atomic E-state index is 0.0423. The Balaban J connectivity index is 1.91. The van der Waals surface area contributed by atoms with E-state index in [1.165, 1.54) is 0 Å². The first-order chi connectivity index (χ1) is 8.18. The van der Waals surface area contributed by atoms with Crippen molar-refractivity contribution in [1.29, 1.82) is 0 Å². The van der Waals surface area contributed by atoms with Crippen LogP contribution < -0.4 is 5.73 Å². The predicted molar refractivity (Wildman–Crippen MR) is 67.8 cm³/mol. The van der Waals surface area contributed by atoms with Crippen LogP contribution >= 0.6 is 11.8 Å². The highest BCUT2D eigenvalue weighted by atomic mass is 32.2. The summed E-state index contributed by atoms with van der Waals surface area (Å²) in [4.78, 5) is 26.9. The molecule has 0 saturated carbocycles. The van der Waals surface area contributed by atoms with Crippen LogP contribution in [0.3, 0.4) is 0 Å². The first kappa shape index (κ1) is 12.5. The van der Waals surface area contributed by atoms with Crippen molar-refractivity contribution in [3.8, 4) is 0 Å². The Labute approximate surface area is 106 Å². The Morgan fingerprint density at radius 1 is 1.12 bits per heavy atom. The Hall–Kier alpha value is -0.910. The summed E-state index contributed by atoms with van der Waals surface area (Å²) >= 11 is 1.89. The molecule has 96 valence electrons. The van der Waals surface area contributed by atoms with Gasteiger partial charge in [-0.05, 0) is 12.8 Å². The molecule has 0 bridgehead atoms. The number of carbonyl (C=O) groups excluding carboxylic acids is 2. The van der Waals surface area contributed by atoms with Crippen LogP contribution in [0.15, 0.2) is 0 Å². The number of carbonyl (C=O) groups is 2. The van der Waals surface area contributed by atoms with Crippen molar-refractivity contribution < 1.29 is 9.59 Å². The van der Waals surface area contributed by atoms with Crippen LogP contribution in [0.25, 0.3) is 0 Å². The highest BCUT2D eigenvalue weighted by Gasteiger charge is 2.30. The van der Waals surface area contributed by atoms with Gasteiger partial charge in [0.05, 0.1) is 5.92 Å². The molecule has 2 rings (SSSR count). The van der Waals surface area contributed by atoms with Gasteiger partial charge in [-0.1, -0.05) is 0 Å². The van der Waals surface area contributed by atoms with Crippen molar-refractivity contribution in [1.82, 2.24) is 9.80 Å². The Morgan fingerprint density at radius 2 is 1.82 bits per heavy atom. The number of nitrogens with two attached hydrogens (primary N) is 1. The molecule has 1 unspecified atom stereocenters. The van der Waals surface area contributed by atoms with Gasteiger partial charge >= 0.3 is 6.03 Å². The van der Waals surface area contributed by atoms with Gasteiger partial charge in [-0.2, -0.15) is 11.8 Å². The van der Waals surface area contributed by atoms with Gasteiger partial charge < -0.3 is 15.5 Å². The summed E-state index contributed by atoms with van der Waals surface area (Å²) in [7, 11) is 0. The van der Waals surface area contributed by atoms with Crippen LogP contribution in [-0.4, -0.2) is 59.4 Å². The molecular weight excluding hydrogens is 238 g/mol. The number of primary amides is 1. The topological polar surface area (TPSA) is 66.6 Å². The second kappa shape index (κ2) is 5.62. The molecular formula is C11H19N3O2S. The molecule has 1 atom stereocenters. The fourth-order valence-electron chi connectivity index (χ4n) is 2.42. The molecule has 2 saturated heterocycles. The van der Waals surface area contributed by atoms with Crippen molar-refractivity contribution in [3.05, 3.63) is 0 Å². The van der Waals surface area contributed by atoms with Crippen LogP contribution in [-0.2, 0) is 4.79 Å². The maximum atomic E-state index is 12.3. The van der Waals surface area contributed by atoms with Gasteiger partial charge in [0.15, 0.2) is 0 Å². The van der Waals surface area contributed by atoms with Gasteiger partial charge in [0.1, 0.15) is 0 Å². The summed E-state index contributed by atoms with van der Waals surface area (Å²) in [6, 6.07) is -0.406. The largest absolute Gasteiger partial charge is 0.351 e. The molecule has 3 amide bonds. The van der Waals surface area contributed by atoms with Crippen molar-refractivity contribution in [2.24, 2.45) is 11.7 Å². The number of piperidine rings is 1. The van der Waals surface area contributed by atoms with E-state index in [9.17, 15) is 9.59 Å². The summed E-state index contributed by atoms with van der Waals surface area (Å²) in [5, 5.41) is 0. The number of likely N-dealkylation sites (tertiary alicyclic amines) is 1. The zero-order valence-corrected chi connectivity index (χ0v) is 10.7. The third kappa shape index (κ3) is 3.06. The van der Waals surface area contributed by atoms with E-state index in [0.717, 1.165) is 37.4 Å². The average molecular weight is 257 g/mol. The zero-order chi connectivity index (χ0) is 12.3. The number of amides is 3. The van der Waals surface area contributed by atoms with E-state index < -0.39 is 6.03 Å². The lowest BCUT2D eigenvalue weighted by Crippen LogP contribution is -2.49. The first-order valence-electron chi connectivity index (χ1n) is 6.09. The molecule has 5 nitrogen and oxygen atoms in total. The molecule has 2 aliphatic rings. The predicted octanol–water partition coefficient (Wildman–Crippen LogP) is 0.352. The van der Waals surface area contributed by atoms with Crippen LogP contribution in [0, 0.1) is 5.92 Å². The lowest BCUT2D eigenvalue weighted by atomic mass is 9.96. The Kier molecular flexibility index (Phi) is 4.15. The molecule has 0 aromatic rings. The highest BCUT2D eigenvalue weighted by molar-refractivity contribution is 7.99. The number of thioether (sulfide) groups is 1. The lowest BCUT2D eigenvalue weighted by molar-refractivity contribution is -0.136. The van der Waals surface area contributed by atoms with Crippen molar-refractivity contribution in [3.63, 3.8) is 0 Å². The van der Waals surface area contributed by atoms with Crippen LogP contribution in [0.1, 0.15) is 12.8 Å². The third-order valence-electron chi connectivity index (χ3n) is 3.41. The van der Waals surface area contributed by atoms with Gasteiger partial charge in [0.2, 0.25) is 5.91 Å². The number of nitrogens with zero attached hydrogens (tertiary/aromatic N) is 2. The second-order valence-corrected chi connectivity index (χ2v) is 5.79. The highest BCUT2D eigenvalue weighted by Crippen LogP contribution is 2.20. The minimum atomic E-state index is -0.406. The van der Waals surface area contributed by atoms with E-state index in [1.807, 2.05) is 16.7 Å². The zero-order valence-electron chi connectivity index (χ0n) is 9.93. The molecule has 6 heteroatoms. The summed E-state index contributed by atoms with van der Waals surface area (Å²) in [6.07, 6.45) is 1.76. The Bertz CT molecular complexity index is 305. The first-order valence-corrected chi connectivity index (χ1v) is 7.25. The van der Waals surface area contributed by atoms with E-state index in [4.69, 9.17) is 5.73 Å². The average Bonchev–Trinajstić information content (AvgIpc) is 2.39. The van der Waals surface area contributed by atoms with Gasteiger partial charge in [-0.15, -0.1) is 0 Å². The summed E-state index contributed by atoms with van der Waals surface area (Å²) in [5.41, 5.74) is 5.27. The van der Waals surface area contributed by atoms with Crippen LogP contribution in [0.2, 0.25) is 0 Å². The normalized spacial score (nSPS) is 25.8. The maximum absolute atomic E-state index is 12.3. The maximum Gasteiger partial charge on any atom is 0.314 e. The van der Waals surface area contributed by atoms with Gasteiger partial charge in [-0.3, -0.25) is 4.79 Å². The molecule has 17 heavy (non-hydrogen) atoms. The van der Waals surface area contributed by atoms with E-state index in [0.29, 0.717) is 13.1 Å². The standard InChI is InChI=1S/C11H19N3O2S/c12-11(16)14-3-1-2-9(8-14)10(15)13-4-6-17-7-5-13/h9H,1-8H2,(H2,12,16). The minimum Gasteiger partial charge on any atom is -0.351 e. The van der Waals surface area contributed by atoms with E-state index in [-0.39, 0.29) is 11.8 Å². The molecule has 2 N–H and O–H groups in total. The fraction of sp³-hybridized carbons (Fsp3) is 0.818. The smallest absolute Gasteiger partial charge is 0.314 e. The van der Waals surface area contributed by atoms with E-state index >= 15 is 0 Å². The van der Waals surface area contributed by atoms with Gasteiger partial charge in [-0.25, -0.2) is 4.79 Å². The number of urea groups is 1. The third-order valence-corrected chi connectivity index (χ3v) is 4.35. The lowest BCUT2D eigenvalue weighted by Gasteiger charge is -2.35. The van der Waals surface area contributed by atoms with Crippen molar-refractivity contribution in [2.75, 3.05) is 37.7 Å². The van der Waals surface area contributed by atoms with E-state index in [1.54, 1.807) is 4.90 Å². The summed E-state index contributed by atoms with van der Waals surface area (Å²) in [6.45, 7) is 2.87. The number of hydrogen-bond acceptors (Lipinski definition) is 3. The molecule has 2 fully saturated rings. The van der Waals surface area contributed by atoms with Gasteiger partial charge in [0.25, 0.3) is 0 Å². The molecule has 0 radical (unpaired) electrons. The summed E-state index contributed by atoms with van der Waals surface area (Å²) in [5.74, 6) is 2.21. The SMILES string of the molecule is NC(=O)N1CCCC(C(=O)N2CCSCC2)C1. The van der Waals surface area contributed by atoms with Gasteiger partial charge in [0, 0.05) is 37.7 Å². The van der Waals surface area contributed by atoms with E-state index in [2.05, 4.69) is 0 Å². The van der Waals surface area contributed by atoms with Crippen LogP contribution in [0.4, 0.5) is 4.79 Å². The Morgan fingerprint density at radius 3 is 2.47 bits per heavy atom. The van der Waals surface area contributed by atoms with Crippen molar-refractivity contribution >= 4 is 23.7 Å². The molecule has 0 aromatic heterocycles. The molecule has 2 aliphatic heterocycles. The molecule has 2 heterocycles. The van der Waals surface area contributed by atoms with Crippen molar-refractivity contribution in [2.45, 2.75) is 12.8 Å². The second-order valence-electron chi connectivity index (χ2n) is 4.56. The monoisotopic (exact) mass is 257 g/mol.